The number of pyridine rings is 1. The number of halogens is 2. The molecule has 1 aromatic rings. The van der Waals surface area contributed by atoms with Crippen molar-refractivity contribution in [3.63, 3.8) is 0 Å². The summed E-state index contributed by atoms with van der Waals surface area (Å²) in [7, 11) is 1.20. The number of rotatable bonds is 3. The number of carbonyl (C=O) groups is 1. The molecule has 1 N–H and O–H groups in total. The maximum absolute atomic E-state index is 12.2. The fraction of sp³-hybridized carbons (Fsp3) is 0.250. The van der Waals surface area contributed by atoms with E-state index in [4.69, 9.17) is 5.11 Å². The number of alkyl halides is 2. The van der Waals surface area contributed by atoms with Crippen molar-refractivity contribution in [2.45, 2.75) is 6.43 Å². The Labute approximate surface area is 78.1 Å². The fourth-order valence-electron chi connectivity index (χ4n) is 0.923. The molecule has 0 aliphatic rings. The van der Waals surface area contributed by atoms with Crippen molar-refractivity contribution in [2.24, 2.45) is 0 Å². The highest BCUT2D eigenvalue weighted by Gasteiger charge is 2.18. The molecule has 1 aromatic heterocycles. The number of methoxy groups -OCH3 is 1. The van der Waals surface area contributed by atoms with Crippen LogP contribution in [0.3, 0.4) is 0 Å². The van der Waals surface area contributed by atoms with Gasteiger partial charge in [0.2, 0.25) is 5.88 Å². The van der Waals surface area contributed by atoms with Gasteiger partial charge in [0.05, 0.1) is 12.7 Å². The first-order chi connectivity index (χ1) is 6.60. The van der Waals surface area contributed by atoms with E-state index in [9.17, 15) is 13.6 Å². The minimum absolute atomic E-state index is 0.0746. The number of aldehydes is 1. The summed E-state index contributed by atoms with van der Waals surface area (Å²) in [5.41, 5.74) is -0.873. The lowest BCUT2D eigenvalue weighted by Gasteiger charge is -2.07. The molecule has 0 amide bonds. The molecule has 0 bridgehead atoms. The van der Waals surface area contributed by atoms with Crippen LogP contribution in [0.2, 0.25) is 0 Å². The van der Waals surface area contributed by atoms with Crippen molar-refractivity contribution < 1.29 is 23.4 Å². The lowest BCUT2D eigenvalue weighted by molar-refractivity contribution is 0.111. The van der Waals surface area contributed by atoms with Gasteiger partial charge in [-0.25, -0.2) is 13.8 Å². The third-order valence-corrected chi connectivity index (χ3v) is 1.55. The second-order valence-corrected chi connectivity index (χ2v) is 2.41. The standard InChI is InChI=1S/C8H7F2NO3/c1-14-8-4(3-12)2-5(13)6(11-8)7(9)10/h2-3,7,13H,1H3. The molecule has 0 aromatic carbocycles. The Bertz CT molecular complexity index is 355. The fourth-order valence-corrected chi connectivity index (χ4v) is 0.923. The molecular weight excluding hydrogens is 196 g/mol. The van der Waals surface area contributed by atoms with E-state index < -0.39 is 17.9 Å². The van der Waals surface area contributed by atoms with Crippen LogP contribution in [0.15, 0.2) is 6.07 Å². The van der Waals surface area contributed by atoms with Gasteiger partial charge in [-0.2, -0.15) is 0 Å². The van der Waals surface area contributed by atoms with Gasteiger partial charge in [-0.15, -0.1) is 0 Å². The van der Waals surface area contributed by atoms with Crippen molar-refractivity contribution >= 4 is 6.29 Å². The minimum atomic E-state index is -2.91. The molecule has 0 saturated heterocycles. The topological polar surface area (TPSA) is 59.4 Å². The smallest absolute Gasteiger partial charge is 0.284 e. The number of ether oxygens (including phenoxy) is 1. The molecule has 1 heterocycles. The molecule has 0 spiro atoms. The van der Waals surface area contributed by atoms with Gasteiger partial charge in [-0.3, -0.25) is 4.79 Å². The number of nitrogens with zero attached hydrogens (tertiary/aromatic N) is 1. The molecule has 76 valence electrons. The molecule has 0 saturated carbocycles. The third kappa shape index (κ3) is 1.78. The van der Waals surface area contributed by atoms with E-state index in [1.54, 1.807) is 0 Å². The lowest BCUT2D eigenvalue weighted by Crippen LogP contribution is -1.99. The average Bonchev–Trinajstić information content (AvgIpc) is 2.16. The highest BCUT2D eigenvalue weighted by molar-refractivity contribution is 5.79. The Morgan fingerprint density at radius 2 is 2.29 bits per heavy atom. The van der Waals surface area contributed by atoms with Crippen LogP contribution >= 0.6 is 0 Å². The van der Waals surface area contributed by atoms with E-state index in [1.165, 1.54) is 7.11 Å². The van der Waals surface area contributed by atoms with Gasteiger partial charge >= 0.3 is 0 Å². The highest BCUT2D eigenvalue weighted by Crippen LogP contribution is 2.30. The zero-order chi connectivity index (χ0) is 10.7. The summed E-state index contributed by atoms with van der Waals surface area (Å²) in [6.45, 7) is 0. The molecule has 0 aliphatic heterocycles. The number of aromatic hydroxyl groups is 1. The SMILES string of the molecule is COc1nc(C(F)F)c(O)cc1C=O. The Kier molecular flexibility index (Phi) is 2.95. The van der Waals surface area contributed by atoms with Crippen molar-refractivity contribution in [1.29, 1.82) is 0 Å². The normalized spacial score (nSPS) is 10.3. The van der Waals surface area contributed by atoms with Gasteiger partial charge in [0.1, 0.15) is 5.75 Å². The summed E-state index contributed by atoms with van der Waals surface area (Å²) in [4.78, 5) is 13.7. The van der Waals surface area contributed by atoms with Crippen LogP contribution < -0.4 is 4.74 Å². The van der Waals surface area contributed by atoms with Crippen LogP contribution in [-0.2, 0) is 0 Å². The quantitative estimate of drug-likeness (QED) is 0.757. The second kappa shape index (κ2) is 3.99. The van der Waals surface area contributed by atoms with Crippen LogP contribution in [0, 0.1) is 0 Å². The first-order valence-corrected chi connectivity index (χ1v) is 3.61. The van der Waals surface area contributed by atoms with Crippen LogP contribution in [-0.4, -0.2) is 23.5 Å². The Morgan fingerprint density at radius 3 is 2.71 bits per heavy atom. The number of hydrogen-bond acceptors (Lipinski definition) is 4. The van der Waals surface area contributed by atoms with Crippen LogP contribution in [0.1, 0.15) is 22.5 Å². The largest absolute Gasteiger partial charge is 0.506 e. The molecule has 0 atom stereocenters. The van der Waals surface area contributed by atoms with Crippen molar-refractivity contribution in [3.05, 3.63) is 17.3 Å². The van der Waals surface area contributed by atoms with Gasteiger partial charge in [0.25, 0.3) is 6.43 Å². The van der Waals surface area contributed by atoms with E-state index >= 15 is 0 Å². The third-order valence-electron chi connectivity index (χ3n) is 1.55. The Morgan fingerprint density at radius 1 is 1.64 bits per heavy atom. The van der Waals surface area contributed by atoms with Crippen LogP contribution in [0.5, 0.6) is 11.6 Å². The number of aromatic nitrogens is 1. The van der Waals surface area contributed by atoms with E-state index in [-0.39, 0.29) is 11.4 Å². The first kappa shape index (κ1) is 10.4. The molecule has 0 fully saturated rings. The maximum atomic E-state index is 12.2. The van der Waals surface area contributed by atoms with Gasteiger partial charge in [0, 0.05) is 0 Å². The first-order valence-electron chi connectivity index (χ1n) is 3.61. The minimum Gasteiger partial charge on any atom is -0.506 e. The zero-order valence-electron chi connectivity index (χ0n) is 7.20. The molecular formula is C8H7F2NO3. The lowest BCUT2D eigenvalue weighted by atomic mass is 10.2. The molecule has 0 unspecified atom stereocenters. The second-order valence-electron chi connectivity index (χ2n) is 2.41. The number of carbonyl (C=O) groups excluding carboxylic acids is 1. The van der Waals surface area contributed by atoms with E-state index in [2.05, 4.69) is 9.72 Å². The van der Waals surface area contributed by atoms with Crippen LogP contribution in [0.25, 0.3) is 0 Å². The number of hydrogen-bond donors (Lipinski definition) is 1. The molecule has 0 aliphatic carbocycles. The predicted molar refractivity (Wildman–Crippen MR) is 42.8 cm³/mol. The van der Waals surface area contributed by atoms with Crippen molar-refractivity contribution in [1.82, 2.24) is 4.98 Å². The van der Waals surface area contributed by atoms with Gasteiger partial charge in [0.15, 0.2) is 12.0 Å². The van der Waals surface area contributed by atoms with Crippen molar-refractivity contribution in [3.8, 4) is 11.6 Å². The van der Waals surface area contributed by atoms with E-state index in [0.29, 0.717) is 6.29 Å². The monoisotopic (exact) mass is 203 g/mol. The molecule has 0 radical (unpaired) electrons. The summed E-state index contributed by atoms with van der Waals surface area (Å²) >= 11 is 0. The average molecular weight is 203 g/mol. The van der Waals surface area contributed by atoms with Gasteiger partial charge < -0.3 is 9.84 Å². The Hall–Kier alpha value is -1.72. The molecule has 6 heteroatoms. The summed E-state index contributed by atoms with van der Waals surface area (Å²) in [6.07, 6.45) is -2.55. The summed E-state index contributed by atoms with van der Waals surface area (Å²) in [6, 6.07) is 0.889. The van der Waals surface area contributed by atoms with Gasteiger partial charge in [-0.05, 0) is 6.07 Å². The summed E-state index contributed by atoms with van der Waals surface area (Å²) < 4.78 is 29.0. The van der Waals surface area contributed by atoms with E-state index in [1.807, 2.05) is 0 Å². The molecule has 14 heavy (non-hydrogen) atoms. The Balaban J connectivity index is 3.30. The molecule has 4 nitrogen and oxygen atoms in total. The zero-order valence-corrected chi connectivity index (χ0v) is 7.20. The molecule has 1 rings (SSSR count). The van der Waals surface area contributed by atoms with Crippen molar-refractivity contribution in [2.75, 3.05) is 7.11 Å². The maximum Gasteiger partial charge on any atom is 0.284 e. The predicted octanol–water partition coefficient (Wildman–Crippen LogP) is 1.55. The van der Waals surface area contributed by atoms with E-state index in [0.717, 1.165) is 6.07 Å². The summed E-state index contributed by atoms with van der Waals surface area (Å²) in [5, 5.41) is 9.06. The van der Waals surface area contributed by atoms with Crippen LogP contribution in [0.4, 0.5) is 8.78 Å². The highest BCUT2D eigenvalue weighted by atomic mass is 19.3. The summed E-state index contributed by atoms with van der Waals surface area (Å²) in [5.74, 6) is -0.948. The van der Waals surface area contributed by atoms with Gasteiger partial charge in [-0.1, -0.05) is 0 Å².